The van der Waals surface area contributed by atoms with Crippen molar-refractivity contribution in [3.8, 4) is 0 Å². The van der Waals surface area contributed by atoms with E-state index in [-0.39, 0.29) is 18.0 Å². The molecular formula is C15H29N3O3. The number of ether oxygens (including phenoxy) is 1. The Balaban J connectivity index is 2.68. The van der Waals surface area contributed by atoms with Gasteiger partial charge in [-0.3, -0.25) is 4.79 Å². The van der Waals surface area contributed by atoms with Gasteiger partial charge in [-0.25, -0.2) is 4.79 Å². The summed E-state index contributed by atoms with van der Waals surface area (Å²) in [6.45, 7) is 11.0. The molecule has 0 aromatic rings. The fraction of sp³-hybridized carbons (Fsp3) is 0.867. The molecule has 1 fully saturated rings. The molecule has 1 aliphatic heterocycles. The van der Waals surface area contributed by atoms with Crippen molar-refractivity contribution in [3.63, 3.8) is 0 Å². The van der Waals surface area contributed by atoms with Crippen LogP contribution >= 0.6 is 0 Å². The highest BCUT2D eigenvalue weighted by Crippen LogP contribution is 2.21. The van der Waals surface area contributed by atoms with E-state index in [0.717, 1.165) is 12.8 Å². The minimum Gasteiger partial charge on any atom is -0.444 e. The molecule has 1 aliphatic rings. The Hall–Kier alpha value is -1.30. The fourth-order valence-electron chi connectivity index (χ4n) is 2.50. The van der Waals surface area contributed by atoms with Gasteiger partial charge in [0.25, 0.3) is 0 Å². The lowest BCUT2D eigenvalue weighted by Crippen LogP contribution is -2.49. The van der Waals surface area contributed by atoms with E-state index in [1.807, 2.05) is 27.7 Å². The first-order valence-corrected chi connectivity index (χ1v) is 7.69. The van der Waals surface area contributed by atoms with E-state index in [0.29, 0.717) is 19.6 Å². The fourth-order valence-corrected chi connectivity index (χ4v) is 2.50. The van der Waals surface area contributed by atoms with Gasteiger partial charge in [-0.2, -0.15) is 0 Å². The molecule has 0 aromatic carbocycles. The Morgan fingerprint density at radius 3 is 2.52 bits per heavy atom. The van der Waals surface area contributed by atoms with Crippen LogP contribution in [-0.2, 0) is 9.53 Å². The van der Waals surface area contributed by atoms with E-state index in [1.165, 1.54) is 0 Å². The molecule has 0 aromatic heterocycles. The van der Waals surface area contributed by atoms with E-state index >= 15 is 0 Å². The van der Waals surface area contributed by atoms with E-state index in [4.69, 9.17) is 10.5 Å². The number of carbonyl (C=O) groups is 2. The van der Waals surface area contributed by atoms with Crippen LogP contribution < -0.4 is 5.73 Å². The molecule has 0 saturated carbocycles. The van der Waals surface area contributed by atoms with Crippen LogP contribution in [0.1, 0.15) is 47.5 Å². The van der Waals surface area contributed by atoms with Crippen LogP contribution in [0.2, 0.25) is 0 Å². The van der Waals surface area contributed by atoms with Crippen molar-refractivity contribution < 1.29 is 14.3 Å². The lowest BCUT2D eigenvalue weighted by molar-refractivity contribution is -0.132. The summed E-state index contributed by atoms with van der Waals surface area (Å²) in [6.07, 6.45) is 1.53. The second-order valence-corrected chi connectivity index (χ2v) is 6.64. The summed E-state index contributed by atoms with van der Waals surface area (Å²) >= 11 is 0. The highest BCUT2D eigenvalue weighted by molar-refractivity contribution is 5.81. The van der Waals surface area contributed by atoms with Gasteiger partial charge in [0.2, 0.25) is 5.91 Å². The number of nitrogens with two attached hydrogens (primary N) is 1. The average molecular weight is 299 g/mol. The number of likely N-dealkylation sites (tertiary alicyclic amines) is 1. The molecule has 1 unspecified atom stereocenters. The number of amides is 2. The number of hydrogen-bond donors (Lipinski definition) is 1. The topological polar surface area (TPSA) is 75.9 Å². The van der Waals surface area contributed by atoms with Gasteiger partial charge < -0.3 is 20.3 Å². The minimum atomic E-state index is -0.513. The Morgan fingerprint density at radius 2 is 2.05 bits per heavy atom. The highest BCUT2D eigenvalue weighted by atomic mass is 16.6. The third-order valence-electron chi connectivity index (χ3n) is 3.52. The number of carbonyl (C=O) groups excluding carboxylic acids is 2. The first-order valence-electron chi connectivity index (χ1n) is 7.69. The van der Waals surface area contributed by atoms with E-state index < -0.39 is 11.6 Å². The molecule has 2 atom stereocenters. The number of nitrogens with zero attached hydrogens (tertiary/aromatic N) is 2. The molecule has 0 spiro atoms. The monoisotopic (exact) mass is 299 g/mol. The van der Waals surface area contributed by atoms with Gasteiger partial charge in [0, 0.05) is 19.6 Å². The molecule has 2 N–H and O–H groups in total. The van der Waals surface area contributed by atoms with Crippen molar-refractivity contribution >= 4 is 12.0 Å². The quantitative estimate of drug-likeness (QED) is 0.855. The van der Waals surface area contributed by atoms with E-state index in [2.05, 4.69) is 0 Å². The van der Waals surface area contributed by atoms with E-state index in [9.17, 15) is 9.59 Å². The zero-order valence-corrected chi connectivity index (χ0v) is 13.9. The molecule has 2 amide bonds. The van der Waals surface area contributed by atoms with Crippen LogP contribution in [0.5, 0.6) is 0 Å². The summed E-state index contributed by atoms with van der Waals surface area (Å²) < 4.78 is 5.43. The van der Waals surface area contributed by atoms with Gasteiger partial charge in [-0.05, 0) is 47.5 Å². The van der Waals surface area contributed by atoms with Crippen molar-refractivity contribution in [1.82, 2.24) is 9.80 Å². The lowest BCUT2D eigenvalue weighted by Gasteiger charge is -2.32. The summed E-state index contributed by atoms with van der Waals surface area (Å²) in [5.41, 5.74) is 5.16. The first kappa shape index (κ1) is 17.8. The lowest BCUT2D eigenvalue weighted by atomic mass is 10.2. The Kier molecular flexibility index (Phi) is 6.01. The molecule has 0 aliphatic carbocycles. The van der Waals surface area contributed by atoms with Gasteiger partial charge in [-0.15, -0.1) is 0 Å². The molecule has 122 valence electrons. The third-order valence-corrected chi connectivity index (χ3v) is 3.52. The molecule has 1 heterocycles. The molecule has 0 bridgehead atoms. The summed E-state index contributed by atoms with van der Waals surface area (Å²) in [4.78, 5) is 27.7. The van der Waals surface area contributed by atoms with Crippen LogP contribution in [0.3, 0.4) is 0 Å². The third kappa shape index (κ3) is 5.19. The second-order valence-electron chi connectivity index (χ2n) is 6.64. The molecule has 6 nitrogen and oxygen atoms in total. The summed E-state index contributed by atoms with van der Waals surface area (Å²) in [7, 11) is 0. The SMILES string of the molecule is CCN(CC1CCCN1C(=O)OC(C)(C)C)C(=O)[C@H](C)N. The van der Waals surface area contributed by atoms with Gasteiger partial charge in [-0.1, -0.05) is 0 Å². The Labute approximate surface area is 127 Å². The largest absolute Gasteiger partial charge is 0.444 e. The van der Waals surface area contributed by atoms with Crippen molar-refractivity contribution in [1.29, 1.82) is 0 Å². The Bertz CT molecular complexity index is 377. The molecule has 6 heteroatoms. The molecule has 1 saturated heterocycles. The zero-order valence-electron chi connectivity index (χ0n) is 13.9. The molecule has 21 heavy (non-hydrogen) atoms. The highest BCUT2D eigenvalue weighted by Gasteiger charge is 2.34. The Morgan fingerprint density at radius 1 is 1.43 bits per heavy atom. The van der Waals surface area contributed by atoms with Crippen LogP contribution in [0.15, 0.2) is 0 Å². The van der Waals surface area contributed by atoms with Gasteiger partial charge >= 0.3 is 6.09 Å². The van der Waals surface area contributed by atoms with Crippen LogP contribution in [-0.4, -0.2) is 59.1 Å². The maximum absolute atomic E-state index is 12.2. The number of likely N-dealkylation sites (N-methyl/N-ethyl adjacent to an activating group) is 1. The standard InChI is InChI=1S/C15H29N3O3/c1-6-17(13(19)11(2)16)10-12-8-7-9-18(12)14(20)21-15(3,4)5/h11-12H,6-10,16H2,1-5H3/t11-,12?/m0/s1. The number of rotatable bonds is 4. The molecular weight excluding hydrogens is 270 g/mol. The second kappa shape index (κ2) is 7.11. The predicted octanol–water partition coefficient (Wildman–Crippen LogP) is 1.58. The maximum Gasteiger partial charge on any atom is 0.410 e. The summed E-state index contributed by atoms with van der Waals surface area (Å²) in [5.74, 6) is -0.0754. The van der Waals surface area contributed by atoms with Crippen LogP contribution in [0, 0.1) is 0 Å². The molecule has 0 radical (unpaired) electrons. The maximum atomic E-state index is 12.2. The number of hydrogen-bond acceptors (Lipinski definition) is 4. The summed E-state index contributed by atoms with van der Waals surface area (Å²) in [5, 5.41) is 0. The smallest absolute Gasteiger partial charge is 0.410 e. The molecule has 1 rings (SSSR count). The zero-order chi connectivity index (χ0) is 16.2. The van der Waals surface area contributed by atoms with Crippen molar-refractivity contribution in [3.05, 3.63) is 0 Å². The predicted molar refractivity (Wildman–Crippen MR) is 81.9 cm³/mol. The van der Waals surface area contributed by atoms with E-state index in [1.54, 1.807) is 16.7 Å². The van der Waals surface area contributed by atoms with Crippen LogP contribution in [0.4, 0.5) is 4.79 Å². The van der Waals surface area contributed by atoms with Gasteiger partial charge in [0.15, 0.2) is 0 Å². The van der Waals surface area contributed by atoms with Crippen molar-refractivity contribution in [2.24, 2.45) is 5.73 Å². The minimum absolute atomic E-state index is 0.0162. The van der Waals surface area contributed by atoms with Gasteiger partial charge in [0.1, 0.15) is 5.60 Å². The van der Waals surface area contributed by atoms with Crippen LogP contribution in [0.25, 0.3) is 0 Å². The van der Waals surface area contributed by atoms with Crippen molar-refractivity contribution in [2.45, 2.75) is 65.1 Å². The van der Waals surface area contributed by atoms with Gasteiger partial charge in [0.05, 0.1) is 12.1 Å². The normalized spacial score (nSPS) is 20.3. The average Bonchev–Trinajstić information content (AvgIpc) is 2.81. The van der Waals surface area contributed by atoms with Crippen molar-refractivity contribution in [2.75, 3.05) is 19.6 Å². The summed E-state index contributed by atoms with van der Waals surface area (Å²) in [6, 6.07) is -0.496. The first-order chi connectivity index (χ1) is 9.65.